The molecule has 2 amide bonds. The molecule has 0 spiro atoms. The minimum Gasteiger partial charge on any atom is -0.368 e. The van der Waals surface area contributed by atoms with Crippen molar-refractivity contribution in [1.29, 1.82) is 0 Å². The van der Waals surface area contributed by atoms with Crippen LogP contribution in [0.3, 0.4) is 0 Å². The maximum absolute atomic E-state index is 12.4. The van der Waals surface area contributed by atoms with Crippen LogP contribution in [0.25, 0.3) is 10.9 Å². The molecular weight excluding hydrogens is 242 g/mol. The fourth-order valence-electron chi connectivity index (χ4n) is 2.65. The summed E-state index contributed by atoms with van der Waals surface area (Å²) in [6.45, 7) is 0.592. The number of nitrogens with two attached hydrogens (primary N) is 1. The quantitative estimate of drug-likeness (QED) is 0.849. The lowest BCUT2D eigenvalue weighted by atomic mass is 10.1. The third-order valence-electron chi connectivity index (χ3n) is 3.64. The van der Waals surface area contributed by atoms with Crippen molar-refractivity contribution < 1.29 is 9.59 Å². The van der Waals surface area contributed by atoms with E-state index in [1.54, 1.807) is 11.0 Å². The lowest BCUT2D eigenvalue weighted by Gasteiger charge is -2.22. The van der Waals surface area contributed by atoms with E-state index in [9.17, 15) is 9.59 Å². The molecule has 2 aromatic rings. The minimum atomic E-state index is -0.466. The number of H-pyrrole nitrogens is 1. The third kappa shape index (κ3) is 1.97. The van der Waals surface area contributed by atoms with Crippen LogP contribution in [0.1, 0.15) is 23.2 Å². The zero-order chi connectivity index (χ0) is 13.4. The molecule has 5 heteroatoms. The summed E-state index contributed by atoms with van der Waals surface area (Å²) in [7, 11) is 0. The summed E-state index contributed by atoms with van der Waals surface area (Å²) in [6.07, 6.45) is 3.32. The number of primary amides is 1. The molecule has 5 nitrogen and oxygen atoms in total. The maximum Gasteiger partial charge on any atom is 0.254 e. The second kappa shape index (κ2) is 4.42. The molecule has 3 N–H and O–H groups in total. The van der Waals surface area contributed by atoms with Crippen LogP contribution in [0.2, 0.25) is 0 Å². The molecule has 1 atom stereocenters. The normalized spacial score (nSPS) is 18.9. The second-order valence-corrected chi connectivity index (χ2v) is 4.84. The third-order valence-corrected chi connectivity index (χ3v) is 3.64. The average Bonchev–Trinajstić information content (AvgIpc) is 3.05. The number of rotatable bonds is 2. The van der Waals surface area contributed by atoms with Crippen molar-refractivity contribution in [2.24, 2.45) is 5.73 Å². The molecule has 98 valence electrons. The molecule has 1 aliphatic rings. The largest absolute Gasteiger partial charge is 0.368 e. The highest BCUT2D eigenvalue weighted by molar-refractivity contribution is 6.00. The smallest absolute Gasteiger partial charge is 0.254 e. The Morgan fingerprint density at radius 1 is 1.32 bits per heavy atom. The highest BCUT2D eigenvalue weighted by Crippen LogP contribution is 2.21. The molecule has 1 unspecified atom stereocenters. The van der Waals surface area contributed by atoms with Crippen LogP contribution in [-0.4, -0.2) is 34.3 Å². The summed E-state index contributed by atoms with van der Waals surface area (Å²) in [6, 6.07) is 6.98. The van der Waals surface area contributed by atoms with Gasteiger partial charge in [-0.05, 0) is 36.4 Å². The van der Waals surface area contributed by atoms with E-state index in [0.29, 0.717) is 18.5 Å². The molecular formula is C14H15N3O2. The average molecular weight is 257 g/mol. The number of amides is 2. The van der Waals surface area contributed by atoms with Crippen LogP contribution < -0.4 is 5.73 Å². The highest BCUT2D eigenvalue weighted by atomic mass is 16.2. The molecule has 1 fully saturated rings. The van der Waals surface area contributed by atoms with Gasteiger partial charge in [-0.3, -0.25) is 9.59 Å². The number of fused-ring (bicyclic) bond motifs is 1. The number of carbonyl (C=O) groups is 2. The Morgan fingerprint density at radius 2 is 2.16 bits per heavy atom. The molecule has 1 aromatic carbocycles. The first-order valence-electron chi connectivity index (χ1n) is 6.34. The van der Waals surface area contributed by atoms with Crippen LogP contribution in [-0.2, 0) is 4.79 Å². The van der Waals surface area contributed by atoms with Gasteiger partial charge in [0.1, 0.15) is 6.04 Å². The van der Waals surface area contributed by atoms with E-state index in [2.05, 4.69) is 4.98 Å². The molecule has 1 saturated heterocycles. The summed E-state index contributed by atoms with van der Waals surface area (Å²) >= 11 is 0. The molecule has 0 aliphatic carbocycles. The van der Waals surface area contributed by atoms with Gasteiger partial charge in [-0.15, -0.1) is 0 Å². The molecule has 2 heterocycles. The van der Waals surface area contributed by atoms with Gasteiger partial charge in [-0.1, -0.05) is 6.07 Å². The summed E-state index contributed by atoms with van der Waals surface area (Å²) in [4.78, 5) is 28.4. The van der Waals surface area contributed by atoms with Gasteiger partial charge in [0.2, 0.25) is 5.91 Å². The van der Waals surface area contributed by atoms with Crippen molar-refractivity contribution in [3.8, 4) is 0 Å². The molecule has 1 aliphatic heterocycles. The van der Waals surface area contributed by atoms with E-state index in [0.717, 1.165) is 17.3 Å². The Kier molecular flexibility index (Phi) is 2.74. The number of carbonyl (C=O) groups excluding carboxylic acids is 2. The van der Waals surface area contributed by atoms with Crippen molar-refractivity contribution in [1.82, 2.24) is 9.88 Å². The number of aromatic amines is 1. The SMILES string of the molecule is NC(=O)C1CCCN1C(=O)c1ccc2cc[nH]c2c1. The highest BCUT2D eigenvalue weighted by Gasteiger charge is 2.33. The van der Waals surface area contributed by atoms with Crippen LogP contribution in [0.5, 0.6) is 0 Å². The van der Waals surface area contributed by atoms with Gasteiger partial charge < -0.3 is 15.6 Å². The van der Waals surface area contributed by atoms with Gasteiger partial charge in [0.15, 0.2) is 0 Å². The predicted octanol–water partition coefficient (Wildman–Crippen LogP) is 1.26. The maximum atomic E-state index is 12.4. The van der Waals surface area contributed by atoms with Crippen LogP contribution in [0.4, 0.5) is 0 Å². The Balaban J connectivity index is 1.92. The molecule has 3 rings (SSSR count). The number of benzene rings is 1. The number of nitrogens with zero attached hydrogens (tertiary/aromatic N) is 1. The van der Waals surface area contributed by atoms with Gasteiger partial charge in [0.25, 0.3) is 5.91 Å². The van der Waals surface area contributed by atoms with E-state index >= 15 is 0 Å². The van der Waals surface area contributed by atoms with Crippen molar-refractivity contribution >= 4 is 22.7 Å². The first-order valence-corrected chi connectivity index (χ1v) is 6.34. The first-order chi connectivity index (χ1) is 9.16. The summed E-state index contributed by atoms with van der Waals surface area (Å²) in [5.41, 5.74) is 6.84. The number of hydrogen-bond acceptors (Lipinski definition) is 2. The zero-order valence-electron chi connectivity index (χ0n) is 10.4. The van der Waals surface area contributed by atoms with E-state index in [-0.39, 0.29) is 5.91 Å². The number of hydrogen-bond donors (Lipinski definition) is 2. The lowest BCUT2D eigenvalue weighted by Crippen LogP contribution is -2.43. The number of aromatic nitrogens is 1. The van der Waals surface area contributed by atoms with Crippen LogP contribution in [0, 0.1) is 0 Å². The second-order valence-electron chi connectivity index (χ2n) is 4.84. The van der Waals surface area contributed by atoms with E-state index in [1.165, 1.54) is 0 Å². The van der Waals surface area contributed by atoms with Gasteiger partial charge in [-0.2, -0.15) is 0 Å². The molecule has 1 aromatic heterocycles. The van der Waals surface area contributed by atoms with Crippen molar-refractivity contribution in [2.75, 3.05) is 6.54 Å². The molecule has 0 radical (unpaired) electrons. The van der Waals surface area contributed by atoms with Gasteiger partial charge in [0.05, 0.1) is 0 Å². The van der Waals surface area contributed by atoms with Crippen molar-refractivity contribution in [3.05, 3.63) is 36.0 Å². The van der Waals surface area contributed by atoms with E-state index < -0.39 is 11.9 Å². The minimum absolute atomic E-state index is 0.127. The Labute approximate surface area is 110 Å². The fourth-order valence-corrected chi connectivity index (χ4v) is 2.65. The van der Waals surface area contributed by atoms with Gasteiger partial charge >= 0.3 is 0 Å². The molecule has 0 saturated carbocycles. The van der Waals surface area contributed by atoms with E-state index in [1.807, 2.05) is 24.4 Å². The molecule has 19 heavy (non-hydrogen) atoms. The summed E-state index contributed by atoms with van der Waals surface area (Å²) < 4.78 is 0. The van der Waals surface area contributed by atoms with Gasteiger partial charge in [-0.25, -0.2) is 0 Å². The zero-order valence-corrected chi connectivity index (χ0v) is 10.4. The first kappa shape index (κ1) is 11.8. The Morgan fingerprint density at radius 3 is 2.95 bits per heavy atom. The predicted molar refractivity (Wildman–Crippen MR) is 71.6 cm³/mol. The Hall–Kier alpha value is -2.30. The Bertz CT molecular complexity index is 647. The summed E-state index contributed by atoms with van der Waals surface area (Å²) in [5.74, 6) is -0.551. The standard InChI is InChI=1S/C14H15N3O2/c15-13(18)12-2-1-7-17(12)14(19)10-4-3-9-5-6-16-11(9)8-10/h3-6,8,12,16H,1-2,7H2,(H2,15,18). The monoisotopic (exact) mass is 257 g/mol. The lowest BCUT2D eigenvalue weighted by molar-refractivity contribution is -0.121. The topological polar surface area (TPSA) is 79.2 Å². The van der Waals surface area contributed by atoms with Crippen molar-refractivity contribution in [2.45, 2.75) is 18.9 Å². The van der Waals surface area contributed by atoms with Crippen molar-refractivity contribution in [3.63, 3.8) is 0 Å². The number of nitrogens with one attached hydrogen (secondary N) is 1. The van der Waals surface area contributed by atoms with Crippen LogP contribution >= 0.6 is 0 Å². The van der Waals surface area contributed by atoms with Crippen LogP contribution in [0.15, 0.2) is 30.5 Å². The van der Waals surface area contributed by atoms with E-state index in [4.69, 9.17) is 5.73 Å². The summed E-state index contributed by atoms with van der Waals surface area (Å²) in [5, 5.41) is 1.06. The number of likely N-dealkylation sites (tertiary alicyclic amines) is 1. The molecule has 0 bridgehead atoms. The van der Waals surface area contributed by atoms with Gasteiger partial charge in [0, 0.05) is 23.8 Å². The fraction of sp³-hybridized carbons (Fsp3) is 0.286.